The van der Waals surface area contributed by atoms with E-state index in [9.17, 15) is 13.2 Å². The Hall–Kier alpha value is -2.96. The maximum atomic E-state index is 12.2. The van der Waals surface area contributed by atoms with Crippen LogP contribution in [0.15, 0.2) is 66.7 Å². The highest BCUT2D eigenvalue weighted by molar-refractivity contribution is 7.89. The molecule has 0 fully saturated rings. The van der Waals surface area contributed by atoms with E-state index in [1.807, 2.05) is 36.4 Å². The second-order valence-electron chi connectivity index (χ2n) is 9.14. The maximum absolute atomic E-state index is 12.2. The van der Waals surface area contributed by atoms with Gasteiger partial charge in [-0.2, -0.15) is 0 Å². The van der Waals surface area contributed by atoms with E-state index < -0.39 is 9.84 Å². The van der Waals surface area contributed by atoms with Crippen LogP contribution in [0.25, 0.3) is 16.8 Å². The average Bonchev–Trinajstić information content (AvgIpc) is 2.81. The van der Waals surface area contributed by atoms with Crippen molar-refractivity contribution in [1.82, 2.24) is 10.2 Å². The quantitative estimate of drug-likeness (QED) is 0.368. The fourth-order valence-electron chi connectivity index (χ4n) is 4.47. The number of unbranched alkanes of at least 4 members (excludes halogenated alkanes) is 1. The predicted octanol–water partition coefficient (Wildman–Crippen LogP) is 4.35. The summed E-state index contributed by atoms with van der Waals surface area (Å²) in [5, 5.41) is 5.33. The van der Waals surface area contributed by atoms with Gasteiger partial charge in [-0.05, 0) is 71.0 Å². The molecule has 0 saturated carbocycles. The Balaban J connectivity index is 1.18. The number of sulfone groups is 1. The van der Waals surface area contributed by atoms with E-state index in [0.717, 1.165) is 55.4 Å². The van der Waals surface area contributed by atoms with Crippen LogP contribution in [0.4, 0.5) is 0 Å². The zero-order valence-corrected chi connectivity index (χ0v) is 20.5. The molecule has 0 aromatic heterocycles. The Bertz CT molecular complexity index is 1300. The van der Waals surface area contributed by atoms with E-state index in [-0.39, 0.29) is 11.7 Å². The molecule has 5 nitrogen and oxygen atoms in total. The number of amides is 1. The number of benzene rings is 3. The van der Waals surface area contributed by atoms with E-state index in [0.29, 0.717) is 6.54 Å². The summed E-state index contributed by atoms with van der Waals surface area (Å²) in [6.45, 7) is 3.50. The summed E-state index contributed by atoms with van der Waals surface area (Å²) in [5.41, 5.74) is 4.43. The van der Waals surface area contributed by atoms with Gasteiger partial charge in [-0.1, -0.05) is 54.6 Å². The lowest BCUT2D eigenvalue weighted by Crippen LogP contribution is -2.32. The van der Waals surface area contributed by atoms with Gasteiger partial charge in [0.1, 0.15) is 0 Å². The molecule has 3 aromatic carbocycles. The molecule has 0 unspecified atom stereocenters. The third-order valence-electron chi connectivity index (χ3n) is 6.19. The molecular weight excluding hydrogens is 444 g/mol. The number of nitrogens with one attached hydrogen (secondary N) is 1. The van der Waals surface area contributed by atoms with Gasteiger partial charge in [0.15, 0.2) is 9.84 Å². The predicted molar refractivity (Wildman–Crippen MR) is 139 cm³/mol. The summed E-state index contributed by atoms with van der Waals surface area (Å²) >= 11 is 0. The van der Waals surface area contributed by atoms with E-state index in [1.54, 1.807) is 6.08 Å². The summed E-state index contributed by atoms with van der Waals surface area (Å²) in [6.07, 6.45) is 7.65. The minimum Gasteiger partial charge on any atom is -0.353 e. The van der Waals surface area contributed by atoms with Crippen LogP contribution in [0, 0.1) is 0 Å². The normalized spacial score (nSPS) is 14.4. The Morgan fingerprint density at radius 1 is 1.00 bits per heavy atom. The van der Waals surface area contributed by atoms with Crippen LogP contribution in [0.2, 0.25) is 0 Å². The van der Waals surface area contributed by atoms with E-state index in [1.165, 1.54) is 22.8 Å². The van der Waals surface area contributed by atoms with Crippen LogP contribution in [0.3, 0.4) is 0 Å². The smallest absolute Gasteiger partial charge is 0.243 e. The number of rotatable bonds is 9. The van der Waals surface area contributed by atoms with Gasteiger partial charge in [0.25, 0.3) is 0 Å². The van der Waals surface area contributed by atoms with Crippen LogP contribution in [0.5, 0.6) is 0 Å². The summed E-state index contributed by atoms with van der Waals surface area (Å²) in [5.74, 6) is 0.0217. The molecule has 1 amide bonds. The van der Waals surface area contributed by atoms with Gasteiger partial charge in [-0.25, -0.2) is 8.42 Å². The van der Waals surface area contributed by atoms with Gasteiger partial charge in [-0.15, -0.1) is 0 Å². The molecule has 0 radical (unpaired) electrons. The zero-order valence-electron chi connectivity index (χ0n) is 19.7. The maximum Gasteiger partial charge on any atom is 0.243 e. The first-order valence-electron chi connectivity index (χ1n) is 11.8. The first kappa shape index (κ1) is 24.2. The molecular formula is C28H32N2O3S. The third kappa shape index (κ3) is 7.02. The SMILES string of the molecule is CS(=O)(=O)Cc1ccc2c(c1)CN(CCCCNC(=O)/C=C/c1ccc3ccccc3c1)CC2. The molecule has 34 heavy (non-hydrogen) atoms. The van der Waals surface area contributed by atoms with Crippen molar-refractivity contribution in [3.63, 3.8) is 0 Å². The standard InChI is InChI=1S/C28H32N2O3S/c1-34(32,33)21-23-9-12-25-14-17-30(20-27(25)19-23)16-5-4-15-29-28(31)13-10-22-8-11-24-6-2-3-7-26(24)18-22/h2-3,6-13,18-19H,4-5,14-17,20-21H2,1H3,(H,29,31)/b13-10+. The molecule has 0 bridgehead atoms. The topological polar surface area (TPSA) is 66.5 Å². The molecule has 1 aliphatic heterocycles. The Morgan fingerprint density at radius 3 is 2.65 bits per heavy atom. The molecule has 1 N–H and O–H groups in total. The molecule has 1 aliphatic rings. The first-order valence-corrected chi connectivity index (χ1v) is 13.9. The van der Waals surface area contributed by atoms with Gasteiger partial charge in [0, 0.05) is 32.0 Å². The highest BCUT2D eigenvalue weighted by Gasteiger charge is 2.17. The fraction of sp³-hybridized carbons (Fsp3) is 0.321. The van der Waals surface area contributed by atoms with Crippen molar-refractivity contribution < 1.29 is 13.2 Å². The second-order valence-corrected chi connectivity index (χ2v) is 11.3. The summed E-state index contributed by atoms with van der Waals surface area (Å²) in [7, 11) is -3.03. The average molecular weight is 477 g/mol. The van der Waals surface area contributed by atoms with Crippen molar-refractivity contribution >= 4 is 32.6 Å². The van der Waals surface area contributed by atoms with E-state index >= 15 is 0 Å². The van der Waals surface area contributed by atoms with Crippen molar-refractivity contribution in [3.8, 4) is 0 Å². The lowest BCUT2D eigenvalue weighted by Gasteiger charge is -2.29. The third-order valence-corrected chi connectivity index (χ3v) is 7.05. The fourth-order valence-corrected chi connectivity index (χ4v) is 5.25. The van der Waals surface area contributed by atoms with Crippen LogP contribution in [0.1, 0.15) is 35.1 Å². The molecule has 178 valence electrons. The number of hydrogen-bond acceptors (Lipinski definition) is 4. The largest absolute Gasteiger partial charge is 0.353 e. The van der Waals surface area contributed by atoms with Gasteiger partial charge in [0.2, 0.25) is 5.91 Å². The number of carbonyl (C=O) groups is 1. The van der Waals surface area contributed by atoms with Crippen molar-refractivity contribution in [2.24, 2.45) is 0 Å². The van der Waals surface area contributed by atoms with Gasteiger partial charge in [0.05, 0.1) is 5.75 Å². The van der Waals surface area contributed by atoms with Crippen LogP contribution >= 0.6 is 0 Å². The van der Waals surface area contributed by atoms with E-state index in [2.05, 4.69) is 40.5 Å². The van der Waals surface area contributed by atoms with Crippen LogP contribution < -0.4 is 5.32 Å². The summed E-state index contributed by atoms with van der Waals surface area (Å²) in [6, 6.07) is 20.4. The number of hydrogen-bond donors (Lipinski definition) is 1. The monoisotopic (exact) mass is 476 g/mol. The summed E-state index contributed by atoms with van der Waals surface area (Å²) in [4.78, 5) is 14.6. The molecule has 4 rings (SSSR count). The lowest BCUT2D eigenvalue weighted by atomic mass is 9.97. The number of carbonyl (C=O) groups excluding carboxylic acids is 1. The Morgan fingerprint density at radius 2 is 1.82 bits per heavy atom. The van der Waals surface area contributed by atoms with Crippen molar-refractivity contribution in [2.45, 2.75) is 31.6 Å². The molecule has 6 heteroatoms. The van der Waals surface area contributed by atoms with Gasteiger partial charge >= 0.3 is 0 Å². The number of nitrogens with zero attached hydrogens (tertiary/aromatic N) is 1. The molecule has 0 aliphatic carbocycles. The van der Waals surface area contributed by atoms with E-state index in [4.69, 9.17) is 0 Å². The Labute approximate surface area is 202 Å². The molecule has 0 spiro atoms. The van der Waals surface area contributed by atoms with Crippen molar-refractivity contribution in [2.75, 3.05) is 25.9 Å². The molecule has 1 heterocycles. The summed E-state index contributed by atoms with van der Waals surface area (Å²) < 4.78 is 23.2. The first-order chi connectivity index (χ1) is 16.4. The minimum atomic E-state index is -3.03. The minimum absolute atomic E-state index is 0.0709. The van der Waals surface area contributed by atoms with Gasteiger partial charge in [-0.3, -0.25) is 9.69 Å². The molecule has 0 atom stereocenters. The molecule has 0 saturated heterocycles. The second kappa shape index (κ2) is 11.0. The van der Waals surface area contributed by atoms with Gasteiger partial charge < -0.3 is 5.32 Å². The van der Waals surface area contributed by atoms with Crippen LogP contribution in [-0.2, 0) is 33.4 Å². The van der Waals surface area contributed by atoms with Crippen molar-refractivity contribution in [3.05, 3.63) is 89.0 Å². The highest BCUT2D eigenvalue weighted by Crippen LogP contribution is 2.22. The van der Waals surface area contributed by atoms with Crippen molar-refractivity contribution in [1.29, 1.82) is 0 Å². The molecule has 3 aromatic rings. The number of fused-ring (bicyclic) bond motifs is 2. The van der Waals surface area contributed by atoms with Crippen LogP contribution in [-0.4, -0.2) is 45.1 Å². The Kier molecular flexibility index (Phi) is 7.80. The zero-order chi connectivity index (χ0) is 24.0. The highest BCUT2D eigenvalue weighted by atomic mass is 32.2. The lowest BCUT2D eigenvalue weighted by molar-refractivity contribution is -0.116.